The molecule has 0 saturated carbocycles. The largest absolute Gasteiger partial charge is 0.340 e. The highest BCUT2D eigenvalue weighted by Gasteiger charge is 2.23. The molecule has 0 aliphatic heterocycles. The van der Waals surface area contributed by atoms with Crippen LogP contribution in [0.15, 0.2) is 6.07 Å². The smallest absolute Gasteiger partial charge is 0.263 e. The van der Waals surface area contributed by atoms with Crippen molar-refractivity contribution in [1.82, 2.24) is 4.90 Å². The molecule has 3 nitrogen and oxygen atoms in total. The van der Waals surface area contributed by atoms with E-state index < -0.39 is 0 Å². The Hall–Kier alpha value is -0.580. The van der Waals surface area contributed by atoms with Gasteiger partial charge in [0.25, 0.3) is 5.91 Å². The van der Waals surface area contributed by atoms with E-state index in [1.807, 2.05) is 13.1 Å². The second kappa shape index (κ2) is 7.27. The molecule has 5 heteroatoms. The van der Waals surface area contributed by atoms with Crippen molar-refractivity contribution >= 4 is 29.7 Å². The van der Waals surface area contributed by atoms with Crippen molar-refractivity contribution in [2.24, 2.45) is 11.1 Å². The summed E-state index contributed by atoms with van der Waals surface area (Å²) < 4.78 is 0. The minimum Gasteiger partial charge on any atom is -0.340 e. The topological polar surface area (TPSA) is 46.3 Å². The molecule has 0 aromatic carbocycles. The second-order valence-electron chi connectivity index (χ2n) is 5.60. The summed E-state index contributed by atoms with van der Waals surface area (Å²) in [5.41, 5.74) is 6.89. The molecule has 0 aliphatic carbocycles. The summed E-state index contributed by atoms with van der Waals surface area (Å²) in [6.07, 6.45) is 0.988. The molecule has 0 saturated heterocycles. The quantitative estimate of drug-likeness (QED) is 0.908. The molecule has 0 bridgehead atoms. The maximum atomic E-state index is 12.3. The fraction of sp³-hybridized carbons (Fsp3) is 0.643. The van der Waals surface area contributed by atoms with Crippen LogP contribution in [0, 0.1) is 12.3 Å². The highest BCUT2D eigenvalue weighted by Crippen LogP contribution is 2.24. The van der Waals surface area contributed by atoms with E-state index in [2.05, 4.69) is 27.7 Å². The molecule has 1 amide bonds. The monoisotopic (exact) mass is 304 g/mol. The lowest BCUT2D eigenvalue weighted by Crippen LogP contribution is -2.39. The third-order valence-corrected chi connectivity index (χ3v) is 4.49. The molecule has 1 rings (SSSR count). The van der Waals surface area contributed by atoms with E-state index in [1.165, 1.54) is 10.4 Å². The van der Waals surface area contributed by atoms with Gasteiger partial charge in [0.1, 0.15) is 0 Å². The first-order chi connectivity index (χ1) is 8.30. The molecule has 1 aromatic rings. The van der Waals surface area contributed by atoms with Crippen LogP contribution in [0.2, 0.25) is 0 Å². The van der Waals surface area contributed by atoms with Gasteiger partial charge in [-0.3, -0.25) is 4.79 Å². The van der Waals surface area contributed by atoms with Gasteiger partial charge in [0.2, 0.25) is 0 Å². The maximum Gasteiger partial charge on any atom is 0.263 e. The number of carbonyl (C=O) groups is 1. The maximum absolute atomic E-state index is 12.3. The van der Waals surface area contributed by atoms with Crippen molar-refractivity contribution in [1.29, 1.82) is 0 Å². The van der Waals surface area contributed by atoms with Gasteiger partial charge in [-0.1, -0.05) is 20.8 Å². The Balaban J connectivity index is 0.00000324. The summed E-state index contributed by atoms with van der Waals surface area (Å²) in [6, 6.07) is 2.00. The van der Waals surface area contributed by atoms with Gasteiger partial charge < -0.3 is 10.6 Å². The Morgan fingerprint density at radius 1 is 1.47 bits per heavy atom. The number of carbonyl (C=O) groups excluding carboxylic acids is 1. The predicted molar refractivity (Wildman–Crippen MR) is 85.5 cm³/mol. The van der Waals surface area contributed by atoms with Gasteiger partial charge in [-0.25, -0.2) is 0 Å². The number of rotatable bonds is 5. The molecule has 1 heterocycles. The molecule has 0 unspecified atom stereocenters. The zero-order valence-corrected chi connectivity index (χ0v) is 14.1. The molecular formula is C14H25ClN2OS. The van der Waals surface area contributed by atoms with E-state index in [4.69, 9.17) is 5.73 Å². The molecule has 0 aliphatic rings. The second-order valence-corrected chi connectivity index (χ2v) is 6.74. The minimum atomic E-state index is -0.0374. The first-order valence-electron chi connectivity index (χ1n) is 6.35. The van der Waals surface area contributed by atoms with Crippen LogP contribution in [0.5, 0.6) is 0 Å². The predicted octanol–water partition coefficient (Wildman–Crippen LogP) is 3.10. The Kier molecular flexibility index (Phi) is 7.05. The molecular weight excluding hydrogens is 280 g/mol. The lowest BCUT2D eigenvalue weighted by molar-refractivity contribution is 0.0745. The Morgan fingerprint density at radius 3 is 2.47 bits per heavy atom. The summed E-state index contributed by atoms with van der Waals surface area (Å²) in [4.78, 5) is 16.2. The number of nitrogens with zero attached hydrogens (tertiary/aromatic N) is 1. The van der Waals surface area contributed by atoms with Crippen LogP contribution in [0.1, 0.15) is 40.9 Å². The Bertz CT molecular complexity index is 429. The van der Waals surface area contributed by atoms with Gasteiger partial charge in [0.05, 0.1) is 4.88 Å². The number of aryl methyl sites for hydroxylation is 2. The average Bonchev–Trinajstić information content (AvgIpc) is 2.69. The lowest BCUT2D eigenvalue weighted by atomic mass is 9.93. The van der Waals surface area contributed by atoms with Crippen molar-refractivity contribution in [2.75, 3.05) is 20.1 Å². The van der Waals surface area contributed by atoms with Crippen LogP contribution in [-0.2, 0) is 6.42 Å². The molecule has 110 valence electrons. The van der Waals surface area contributed by atoms with Gasteiger partial charge >= 0.3 is 0 Å². The number of nitrogens with two attached hydrogens (primary N) is 1. The van der Waals surface area contributed by atoms with Crippen molar-refractivity contribution < 1.29 is 4.79 Å². The summed E-state index contributed by atoms with van der Waals surface area (Å²) in [7, 11) is 1.85. The lowest BCUT2D eigenvalue weighted by Gasteiger charge is -2.28. The van der Waals surface area contributed by atoms with Crippen molar-refractivity contribution in [3.05, 3.63) is 21.4 Å². The molecule has 19 heavy (non-hydrogen) atoms. The van der Waals surface area contributed by atoms with Crippen LogP contribution in [0.3, 0.4) is 0 Å². The van der Waals surface area contributed by atoms with E-state index in [0.29, 0.717) is 13.1 Å². The van der Waals surface area contributed by atoms with Crippen molar-refractivity contribution in [2.45, 2.75) is 34.1 Å². The third-order valence-electron chi connectivity index (χ3n) is 3.12. The third kappa shape index (κ3) is 4.79. The first kappa shape index (κ1) is 18.4. The normalized spacial score (nSPS) is 11.1. The van der Waals surface area contributed by atoms with Crippen LogP contribution in [0.4, 0.5) is 0 Å². The van der Waals surface area contributed by atoms with E-state index in [0.717, 1.165) is 11.3 Å². The highest BCUT2D eigenvalue weighted by atomic mass is 35.5. The van der Waals surface area contributed by atoms with E-state index >= 15 is 0 Å². The SMILES string of the molecule is CCc1sc(C(=O)N(C)CC(C)(C)CN)cc1C.Cl. The molecule has 0 fully saturated rings. The summed E-state index contributed by atoms with van der Waals surface area (Å²) in [5, 5.41) is 0. The number of thiophene rings is 1. The van der Waals surface area contributed by atoms with E-state index in [-0.39, 0.29) is 23.7 Å². The minimum absolute atomic E-state index is 0. The van der Waals surface area contributed by atoms with Gasteiger partial charge in [0, 0.05) is 18.5 Å². The fourth-order valence-corrected chi connectivity index (χ4v) is 3.05. The summed E-state index contributed by atoms with van der Waals surface area (Å²) in [6.45, 7) is 9.60. The molecule has 2 N–H and O–H groups in total. The highest BCUT2D eigenvalue weighted by molar-refractivity contribution is 7.14. The standard InChI is InChI=1S/C14H24N2OS.ClH/c1-6-11-10(2)7-12(18-11)13(17)16(5)9-14(3,4)8-15;/h7H,6,8-9,15H2,1-5H3;1H. The summed E-state index contributed by atoms with van der Waals surface area (Å²) >= 11 is 1.61. The Labute approximate surface area is 126 Å². The van der Waals surface area contributed by atoms with Gasteiger partial charge in [-0.05, 0) is 36.9 Å². The van der Waals surface area contributed by atoms with E-state index in [9.17, 15) is 4.79 Å². The van der Waals surface area contributed by atoms with Gasteiger partial charge in [-0.15, -0.1) is 23.7 Å². The van der Waals surface area contributed by atoms with Crippen LogP contribution in [-0.4, -0.2) is 30.9 Å². The number of amides is 1. The fourth-order valence-electron chi connectivity index (χ4n) is 1.94. The Morgan fingerprint density at radius 2 is 2.05 bits per heavy atom. The van der Waals surface area contributed by atoms with Crippen LogP contribution < -0.4 is 5.73 Å². The van der Waals surface area contributed by atoms with Crippen LogP contribution >= 0.6 is 23.7 Å². The first-order valence-corrected chi connectivity index (χ1v) is 7.17. The molecule has 0 atom stereocenters. The van der Waals surface area contributed by atoms with Crippen molar-refractivity contribution in [3.8, 4) is 0 Å². The molecule has 0 radical (unpaired) electrons. The molecule has 0 spiro atoms. The molecule has 1 aromatic heterocycles. The summed E-state index contributed by atoms with van der Waals surface area (Å²) in [5.74, 6) is 0.101. The van der Waals surface area contributed by atoms with Gasteiger partial charge in [0.15, 0.2) is 0 Å². The van der Waals surface area contributed by atoms with E-state index in [1.54, 1.807) is 16.2 Å². The zero-order chi connectivity index (χ0) is 13.9. The average molecular weight is 305 g/mol. The van der Waals surface area contributed by atoms with Crippen LogP contribution in [0.25, 0.3) is 0 Å². The number of hydrogen-bond acceptors (Lipinski definition) is 3. The van der Waals surface area contributed by atoms with Crippen molar-refractivity contribution in [3.63, 3.8) is 0 Å². The van der Waals surface area contributed by atoms with Gasteiger partial charge in [-0.2, -0.15) is 0 Å². The zero-order valence-electron chi connectivity index (χ0n) is 12.4. The number of hydrogen-bond donors (Lipinski definition) is 1. The number of halogens is 1.